The van der Waals surface area contributed by atoms with Crippen LogP contribution in [0, 0.1) is 0 Å². The van der Waals surface area contributed by atoms with Crippen molar-refractivity contribution in [2.75, 3.05) is 5.32 Å². The van der Waals surface area contributed by atoms with Gasteiger partial charge in [0, 0.05) is 11.1 Å². The Labute approximate surface area is 121 Å². The Morgan fingerprint density at radius 3 is 2.29 bits per heavy atom. The summed E-state index contributed by atoms with van der Waals surface area (Å²) in [6, 6.07) is 6.36. The zero-order valence-electron chi connectivity index (χ0n) is 11.4. The number of aliphatic carboxylic acids is 1. The summed E-state index contributed by atoms with van der Waals surface area (Å²) in [7, 11) is 0. The molecule has 0 heterocycles. The standard InChI is InChI=1S/C15H16N2O4/c16-13(18)11-7-3-4-8-12(11)17-14(19)9-5-1-2-6-10(9)15(20)21/h3-4,7-8H,1-2,5-6H2,(H2,16,18)(H,17,19)(H,20,21). The summed E-state index contributed by atoms with van der Waals surface area (Å²) in [5.74, 6) is -2.20. The fourth-order valence-electron chi connectivity index (χ4n) is 2.40. The van der Waals surface area contributed by atoms with Crippen LogP contribution in [0.15, 0.2) is 35.4 Å². The van der Waals surface area contributed by atoms with Gasteiger partial charge in [0.2, 0.25) is 0 Å². The van der Waals surface area contributed by atoms with Crippen LogP contribution in [0.1, 0.15) is 36.0 Å². The van der Waals surface area contributed by atoms with E-state index in [1.54, 1.807) is 18.2 Å². The molecule has 6 heteroatoms. The fourth-order valence-corrected chi connectivity index (χ4v) is 2.40. The fraction of sp³-hybridized carbons (Fsp3) is 0.267. The maximum atomic E-state index is 12.3. The number of nitrogens with one attached hydrogen (secondary N) is 1. The van der Waals surface area contributed by atoms with Crippen molar-refractivity contribution in [3.8, 4) is 0 Å². The minimum Gasteiger partial charge on any atom is -0.478 e. The van der Waals surface area contributed by atoms with Gasteiger partial charge in [0.25, 0.3) is 11.8 Å². The van der Waals surface area contributed by atoms with E-state index >= 15 is 0 Å². The third-order valence-electron chi connectivity index (χ3n) is 3.44. The summed E-state index contributed by atoms with van der Waals surface area (Å²) in [4.78, 5) is 34.8. The molecule has 4 N–H and O–H groups in total. The van der Waals surface area contributed by atoms with Crippen LogP contribution in [-0.4, -0.2) is 22.9 Å². The van der Waals surface area contributed by atoms with Crippen LogP contribution in [0.4, 0.5) is 5.69 Å². The Hall–Kier alpha value is -2.63. The van der Waals surface area contributed by atoms with Gasteiger partial charge in [0.05, 0.1) is 11.3 Å². The Morgan fingerprint density at radius 1 is 1.05 bits per heavy atom. The van der Waals surface area contributed by atoms with E-state index in [1.807, 2.05) is 0 Å². The second-order valence-corrected chi connectivity index (χ2v) is 4.83. The quantitative estimate of drug-likeness (QED) is 0.782. The number of hydrogen-bond donors (Lipinski definition) is 3. The lowest BCUT2D eigenvalue weighted by molar-refractivity contribution is -0.133. The normalized spacial score (nSPS) is 14.7. The molecule has 2 rings (SSSR count). The molecule has 0 aliphatic heterocycles. The smallest absolute Gasteiger partial charge is 0.332 e. The number of para-hydroxylation sites is 1. The molecule has 21 heavy (non-hydrogen) atoms. The molecule has 1 aromatic carbocycles. The van der Waals surface area contributed by atoms with Gasteiger partial charge < -0.3 is 16.2 Å². The van der Waals surface area contributed by atoms with Crippen molar-refractivity contribution in [3.63, 3.8) is 0 Å². The number of nitrogens with two attached hydrogens (primary N) is 1. The monoisotopic (exact) mass is 288 g/mol. The van der Waals surface area contributed by atoms with Crippen LogP contribution in [0.25, 0.3) is 0 Å². The van der Waals surface area contributed by atoms with Crippen molar-refractivity contribution >= 4 is 23.5 Å². The molecule has 0 saturated heterocycles. The SMILES string of the molecule is NC(=O)c1ccccc1NC(=O)C1=C(C(=O)O)CCCC1. The van der Waals surface area contributed by atoms with Gasteiger partial charge in [-0.2, -0.15) is 0 Å². The van der Waals surface area contributed by atoms with Crippen LogP contribution in [0.2, 0.25) is 0 Å². The molecule has 0 saturated carbocycles. The first kappa shape index (κ1) is 14.8. The lowest BCUT2D eigenvalue weighted by Crippen LogP contribution is -2.23. The zero-order chi connectivity index (χ0) is 15.4. The zero-order valence-corrected chi connectivity index (χ0v) is 11.4. The number of carboxylic acids is 1. The molecule has 0 fully saturated rings. The highest BCUT2D eigenvalue weighted by molar-refractivity contribution is 6.11. The molecule has 0 aromatic heterocycles. The maximum Gasteiger partial charge on any atom is 0.332 e. The molecule has 1 aliphatic rings. The van der Waals surface area contributed by atoms with Gasteiger partial charge in [0.15, 0.2) is 0 Å². The van der Waals surface area contributed by atoms with Crippen molar-refractivity contribution in [2.24, 2.45) is 5.73 Å². The number of anilines is 1. The molecule has 0 radical (unpaired) electrons. The van der Waals surface area contributed by atoms with Gasteiger partial charge in [-0.25, -0.2) is 4.79 Å². The summed E-state index contributed by atoms with van der Waals surface area (Å²) in [5.41, 5.74) is 6.15. The Morgan fingerprint density at radius 2 is 1.67 bits per heavy atom. The highest BCUT2D eigenvalue weighted by atomic mass is 16.4. The number of carbonyl (C=O) groups excluding carboxylic acids is 2. The predicted molar refractivity (Wildman–Crippen MR) is 76.7 cm³/mol. The van der Waals surface area contributed by atoms with Crippen molar-refractivity contribution in [3.05, 3.63) is 41.0 Å². The summed E-state index contributed by atoms with van der Waals surface area (Å²) >= 11 is 0. The third-order valence-corrected chi connectivity index (χ3v) is 3.44. The highest BCUT2D eigenvalue weighted by Gasteiger charge is 2.24. The number of benzene rings is 1. The molecule has 1 aliphatic carbocycles. The second-order valence-electron chi connectivity index (χ2n) is 4.83. The minimum atomic E-state index is -1.07. The molecule has 0 bridgehead atoms. The molecular weight excluding hydrogens is 272 g/mol. The van der Waals surface area contributed by atoms with Gasteiger partial charge >= 0.3 is 5.97 Å². The van der Waals surface area contributed by atoms with Crippen molar-refractivity contribution in [1.82, 2.24) is 0 Å². The maximum absolute atomic E-state index is 12.3. The van der Waals surface area contributed by atoms with Gasteiger partial charge in [-0.3, -0.25) is 9.59 Å². The Bertz CT molecular complexity index is 634. The highest BCUT2D eigenvalue weighted by Crippen LogP contribution is 2.26. The van der Waals surface area contributed by atoms with Crippen molar-refractivity contribution < 1.29 is 19.5 Å². The summed E-state index contributed by atoms with van der Waals surface area (Å²) in [6.07, 6.45) is 2.34. The van der Waals surface area contributed by atoms with E-state index in [0.29, 0.717) is 12.8 Å². The number of amides is 2. The summed E-state index contributed by atoms with van der Waals surface area (Å²) in [5, 5.41) is 11.7. The van der Waals surface area contributed by atoms with E-state index in [-0.39, 0.29) is 22.4 Å². The first-order chi connectivity index (χ1) is 10.0. The lowest BCUT2D eigenvalue weighted by Gasteiger charge is -2.17. The van der Waals surface area contributed by atoms with E-state index < -0.39 is 17.8 Å². The van der Waals surface area contributed by atoms with Crippen LogP contribution < -0.4 is 11.1 Å². The van der Waals surface area contributed by atoms with Crippen LogP contribution in [-0.2, 0) is 9.59 Å². The number of hydrogen-bond acceptors (Lipinski definition) is 3. The van der Waals surface area contributed by atoms with Crippen molar-refractivity contribution in [2.45, 2.75) is 25.7 Å². The third kappa shape index (κ3) is 3.28. The van der Waals surface area contributed by atoms with Crippen LogP contribution in [0.5, 0.6) is 0 Å². The molecule has 110 valence electrons. The largest absolute Gasteiger partial charge is 0.478 e. The van der Waals surface area contributed by atoms with Gasteiger partial charge in [0.1, 0.15) is 0 Å². The topological polar surface area (TPSA) is 109 Å². The molecule has 0 unspecified atom stereocenters. The molecule has 1 aromatic rings. The van der Waals surface area contributed by atoms with E-state index in [9.17, 15) is 14.4 Å². The van der Waals surface area contributed by atoms with E-state index in [2.05, 4.69) is 5.32 Å². The molecule has 0 spiro atoms. The van der Waals surface area contributed by atoms with E-state index in [0.717, 1.165) is 12.8 Å². The summed E-state index contributed by atoms with van der Waals surface area (Å²) < 4.78 is 0. The Kier molecular flexibility index (Phi) is 4.37. The van der Waals surface area contributed by atoms with E-state index in [4.69, 9.17) is 10.8 Å². The predicted octanol–water partition coefficient (Wildman–Crippen LogP) is 1.68. The Balaban J connectivity index is 2.29. The first-order valence-corrected chi connectivity index (χ1v) is 6.66. The van der Waals surface area contributed by atoms with Gasteiger partial charge in [-0.15, -0.1) is 0 Å². The van der Waals surface area contributed by atoms with Gasteiger partial charge in [-0.1, -0.05) is 12.1 Å². The average molecular weight is 288 g/mol. The molecule has 6 nitrogen and oxygen atoms in total. The molecule has 0 atom stereocenters. The van der Waals surface area contributed by atoms with Gasteiger partial charge in [-0.05, 0) is 37.8 Å². The first-order valence-electron chi connectivity index (χ1n) is 6.66. The van der Waals surface area contributed by atoms with Crippen LogP contribution in [0.3, 0.4) is 0 Å². The number of carboxylic acid groups (broad SMARTS) is 1. The molecule has 2 amide bonds. The number of carbonyl (C=O) groups is 3. The minimum absolute atomic E-state index is 0.148. The number of rotatable bonds is 4. The second kappa shape index (κ2) is 6.21. The molecular formula is C15H16N2O4. The average Bonchev–Trinajstić information content (AvgIpc) is 2.47. The van der Waals surface area contributed by atoms with Crippen LogP contribution >= 0.6 is 0 Å². The van der Waals surface area contributed by atoms with E-state index in [1.165, 1.54) is 6.07 Å². The summed E-state index contributed by atoms with van der Waals surface area (Å²) in [6.45, 7) is 0. The lowest BCUT2D eigenvalue weighted by atomic mass is 9.91. The number of primary amides is 1. The van der Waals surface area contributed by atoms with Crippen molar-refractivity contribution in [1.29, 1.82) is 0 Å².